The van der Waals surface area contributed by atoms with Crippen LogP contribution >= 0.6 is 0 Å². The lowest BCUT2D eigenvalue weighted by molar-refractivity contribution is 0.149. The molecule has 2 atom stereocenters. The number of hydrazine groups is 1. The van der Waals surface area contributed by atoms with Gasteiger partial charge in [0, 0.05) is 32.2 Å². The highest BCUT2D eigenvalue weighted by Gasteiger charge is 2.12. The second kappa shape index (κ2) is 7.33. The van der Waals surface area contributed by atoms with Gasteiger partial charge in [-0.3, -0.25) is 16.3 Å². The molecule has 1 aromatic rings. The molecule has 0 aromatic carbocycles. The molecule has 4 nitrogen and oxygen atoms in total. The minimum atomic E-state index is 0.273. The zero-order chi connectivity index (χ0) is 11.8. The number of aromatic nitrogens is 1. The van der Waals surface area contributed by atoms with Gasteiger partial charge >= 0.3 is 0 Å². The molecule has 0 saturated carbocycles. The number of ether oxygens (including phenoxy) is 1. The van der Waals surface area contributed by atoms with Crippen molar-refractivity contribution in [1.82, 2.24) is 10.4 Å². The summed E-state index contributed by atoms with van der Waals surface area (Å²) in [4.78, 5) is 4.09. The third-order valence-corrected chi connectivity index (χ3v) is 2.58. The molecule has 0 spiro atoms. The van der Waals surface area contributed by atoms with Crippen LogP contribution in [0.4, 0.5) is 0 Å². The Labute approximate surface area is 97.2 Å². The van der Waals surface area contributed by atoms with Gasteiger partial charge in [-0.2, -0.15) is 0 Å². The van der Waals surface area contributed by atoms with Crippen LogP contribution in [0.1, 0.15) is 18.9 Å². The van der Waals surface area contributed by atoms with Crippen LogP contribution in [0.5, 0.6) is 0 Å². The van der Waals surface area contributed by atoms with Crippen molar-refractivity contribution in [3.63, 3.8) is 0 Å². The molecule has 0 fully saturated rings. The highest BCUT2D eigenvalue weighted by molar-refractivity contribution is 5.10. The first-order chi connectivity index (χ1) is 7.76. The zero-order valence-corrected chi connectivity index (χ0v) is 10.0. The summed E-state index contributed by atoms with van der Waals surface area (Å²) in [6, 6.07) is 4.29. The van der Waals surface area contributed by atoms with E-state index in [1.807, 2.05) is 12.3 Å². The number of hydrogen-bond acceptors (Lipinski definition) is 4. The largest absolute Gasteiger partial charge is 0.384 e. The second-order valence-corrected chi connectivity index (χ2v) is 4.23. The van der Waals surface area contributed by atoms with Gasteiger partial charge in [-0.15, -0.1) is 0 Å². The Bertz CT molecular complexity index is 279. The van der Waals surface area contributed by atoms with Crippen LogP contribution in [-0.4, -0.2) is 24.7 Å². The van der Waals surface area contributed by atoms with Crippen molar-refractivity contribution in [2.45, 2.75) is 25.8 Å². The number of hydrogen-bond donors (Lipinski definition) is 2. The van der Waals surface area contributed by atoms with Crippen LogP contribution in [0.2, 0.25) is 0 Å². The number of nitrogens with zero attached hydrogens (tertiary/aromatic N) is 1. The number of nitrogens with one attached hydrogen (secondary N) is 1. The van der Waals surface area contributed by atoms with Crippen LogP contribution in [0.15, 0.2) is 24.5 Å². The van der Waals surface area contributed by atoms with Crippen molar-refractivity contribution < 1.29 is 4.74 Å². The monoisotopic (exact) mass is 223 g/mol. The van der Waals surface area contributed by atoms with Crippen LogP contribution in [-0.2, 0) is 11.2 Å². The van der Waals surface area contributed by atoms with E-state index in [1.165, 1.54) is 5.56 Å². The van der Waals surface area contributed by atoms with E-state index in [2.05, 4.69) is 23.4 Å². The first-order valence-corrected chi connectivity index (χ1v) is 5.60. The molecule has 16 heavy (non-hydrogen) atoms. The fourth-order valence-corrected chi connectivity index (χ4v) is 1.85. The topological polar surface area (TPSA) is 60.2 Å². The van der Waals surface area contributed by atoms with Crippen LogP contribution < -0.4 is 11.3 Å². The highest BCUT2D eigenvalue weighted by atomic mass is 16.5. The summed E-state index contributed by atoms with van der Waals surface area (Å²) in [5.41, 5.74) is 4.06. The van der Waals surface area contributed by atoms with Crippen molar-refractivity contribution >= 4 is 0 Å². The van der Waals surface area contributed by atoms with E-state index in [4.69, 9.17) is 10.6 Å². The minimum Gasteiger partial charge on any atom is -0.384 e. The summed E-state index contributed by atoms with van der Waals surface area (Å²) in [6.45, 7) is 2.93. The van der Waals surface area contributed by atoms with Crippen molar-refractivity contribution in [2.24, 2.45) is 11.8 Å². The third kappa shape index (κ3) is 4.70. The van der Waals surface area contributed by atoms with Crippen LogP contribution in [0.25, 0.3) is 0 Å². The first kappa shape index (κ1) is 13.1. The van der Waals surface area contributed by atoms with Crippen LogP contribution in [0.3, 0.4) is 0 Å². The van der Waals surface area contributed by atoms with E-state index in [-0.39, 0.29) is 6.04 Å². The van der Waals surface area contributed by atoms with Gasteiger partial charge in [0.2, 0.25) is 0 Å². The molecule has 90 valence electrons. The van der Waals surface area contributed by atoms with E-state index < -0.39 is 0 Å². The quantitative estimate of drug-likeness (QED) is 0.537. The lowest BCUT2D eigenvalue weighted by Crippen LogP contribution is -2.38. The normalized spacial score (nSPS) is 14.7. The average Bonchev–Trinajstić information content (AvgIpc) is 2.30. The van der Waals surface area contributed by atoms with E-state index in [0.29, 0.717) is 5.92 Å². The lowest BCUT2D eigenvalue weighted by Gasteiger charge is -2.19. The molecule has 2 unspecified atom stereocenters. The maximum Gasteiger partial charge on any atom is 0.0488 e. The Hall–Kier alpha value is -0.970. The molecular weight excluding hydrogens is 202 g/mol. The molecule has 0 aliphatic carbocycles. The molecule has 0 amide bonds. The summed E-state index contributed by atoms with van der Waals surface area (Å²) in [5, 5.41) is 0. The standard InChI is InChI=1S/C12H21N3O/c1-10(9-16-2)6-12(15-13)7-11-4-3-5-14-8-11/h3-5,8,10,12,15H,6-7,9,13H2,1-2H3. The lowest BCUT2D eigenvalue weighted by atomic mass is 9.98. The Balaban J connectivity index is 2.43. The van der Waals surface area contributed by atoms with E-state index in [9.17, 15) is 0 Å². The smallest absolute Gasteiger partial charge is 0.0488 e. The van der Waals surface area contributed by atoms with Gasteiger partial charge in [-0.25, -0.2) is 0 Å². The number of nitrogens with two attached hydrogens (primary N) is 1. The van der Waals surface area contributed by atoms with Gasteiger partial charge in [-0.05, 0) is 30.4 Å². The van der Waals surface area contributed by atoms with Gasteiger partial charge < -0.3 is 4.74 Å². The number of methoxy groups -OCH3 is 1. The molecule has 3 N–H and O–H groups in total. The molecular formula is C12H21N3O. The summed E-state index contributed by atoms with van der Waals surface area (Å²) in [7, 11) is 1.72. The molecule has 0 aliphatic heterocycles. The van der Waals surface area contributed by atoms with E-state index >= 15 is 0 Å². The molecule has 0 radical (unpaired) electrons. The molecule has 0 saturated heterocycles. The predicted molar refractivity (Wildman–Crippen MR) is 64.7 cm³/mol. The third-order valence-electron chi connectivity index (χ3n) is 2.58. The zero-order valence-electron chi connectivity index (χ0n) is 10.0. The SMILES string of the molecule is COCC(C)CC(Cc1cccnc1)NN. The fraction of sp³-hybridized carbons (Fsp3) is 0.583. The van der Waals surface area contributed by atoms with Crippen molar-refractivity contribution in [2.75, 3.05) is 13.7 Å². The Morgan fingerprint density at radius 2 is 2.38 bits per heavy atom. The van der Waals surface area contributed by atoms with Crippen molar-refractivity contribution in [1.29, 1.82) is 0 Å². The van der Waals surface area contributed by atoms with Gasteiger partial charge in [0.25, 0.3) is 0 Å². The van der Waals surface area contributed by atoms with Crippen LogP contribution in [0, 0.1) is 5.92 Å². The minimum absolute atomic E-state index is 0.273. The number of rotatable bonds is 7. The van der Waals surface area contributed by atoms with E-state index in [0.717, 1.165) is 19.4 Å². The maximum atomic E-state index is 5.55. The fourth-order valence-electron chi connectivity index (χ4n) is 1.85. The highest BCUT2D eigenvalue weighted by Crippen LogP contribution is 2.10. The number of pyridine rings is 1. The predicted octanol–water partition coefficient (Wildman–Crippen LogP) is 1.13. The Morgan fingerprint density at radius 1 is 1.56 bits per heavy atom. The molecule has 1 rings (SSSR count). The van der Waals surface area contributed by atoms with Gasteiger partial charge in [-0.1, -0.05) is 13.0 Å². The summed E-state index contributed by atoms with van der Waals surface area (Å²) >= 11 is 0. The van der Waals surface area contributed by atoms with Gasteiger partial charge in [0.1, 0.15) is 0 Å². The molecule has 1 aromatic heterocycles. The Morgan fingerprint density at radius 3 is 2.94 bits per heavy atom. The summed E-state index contributed by atoms with van der Waals surface area (Å²) in [5.74, 6) is 6.06. The second-order valence-electron chi connectivity index (χ2n) is 4.23. The van der Waals surface area contributed by atoms with Crippen molar-refractivity contribution in [3.05, 3.63) is 30.1 Å². The average molecular weight is 223 g/mol. The molecule has 0 bridgehead atoms. The molecule has 4 heteroatoms. The van der Waals surface area contributed by atoms with E-state index in [1.54, 1.807) is 13.3 Å². The van der Waals surface area contributed by atoms with Crippen molar-refractivity contribution in [3.8, 4) is 0 Å². The molecule has 1 heterocycles. The Kier molecular flexibility index (Phi) is 6.00. The summed E-state index contributed by atoms with van der Waals surface area (Å²) in [6.07, 6.45) is 5.56. The summed E-state index contributed by atoms with van der Waals surface area (Å²) < 4.78 is 5.12. The first-order valence-electron chi connectivity index (χ1n) is 5.60. The van der Waals surface area contributed by atoms with Gasteiger partial charge in [0.05, 0.1) is 0 Å². The maximum absolute atomic E-state index is 5.55. The van der Waals surface area contributed by atoms with Gasteiger partial charge in [0.15, 0.2) is 0 Å². The molecule has 0 aliphatic rings.